The topological polar surface area (TPSA) is 228 Å². The molecule has 0 spiro atoms. The summed E-state index contributed by atoms with van der Waals surface area (Å²) in [7, 11) is 0. The highest BCUT2D eigenvalue weighted by Gasteiger charge is 2.35. The zero-order valence-corrected chi connectivity index (χ0v) is 43.0. The van der Waals surface area contributed by atoms with Crippen LogP contribution in [-0.4, -0.2) is 141 Å². The van der Waals surface area contributed by atoms with Crippen molar-refractivity contribution in [2.24, 2.45) is 11.5 Å². The summed E-state index contributed by atoms with van der Waals surface area (Å²) < 4.78 is 0. The lowest BCUT2D eigenvalue weighted by atomic mass is 10.0. The first-order valence-electron chi connectivity index (χ1n) is 25.0. The summed E-state index contributed by atoms with van der Waals surface area (Å²) in [5.41, 5.74) is 14.2. The van der Waals surface area contributed by atoms with E-state index >= 15 is 4.79 Å². The lowest BCUT2D eigenvalue weighted by molar-refractivity contribution is -0.150. The Balaban J connectivity index is 1.74. The monoisotopic (exact) mass is 1000 g/mol. The Labute approximate surface area is 430 Å². The van der Waals surface area contributed by atoms with Gasteiger partial charge in [0.05, 0.1) is 37.3 Å². The minimum Gasteiger partial charge on any atom is -0.481 e. The predicted octanol–water partition coefficient (Wildman–Crippen LogP) is 5.89. The minimum atomic E-state index is -0.965. The molecule has 73 heavy (non-hydrogen) atoms. The van der Waals surface area contributed by atoms with Gasteiger partial charge in [-0.25, -0.2) is 0 Å². The molecule has 0 bridgehead atoms. The van der Waals surface area contributed by atoms with Gasteiger partial charge in [-0.05, 0) is 82.2 Å². The van der Waals surface area contributed by atoms with E-state index in [1.807, 2.05) is 116 Å². The van der Waals surface area contributed by atoms with Gasteiger partial charge in [0.2, 0.25) is 41.4 Å². The number of benzene rings is 4. The number of hydrogen-bond donors (Lipinski definition) is 3. The molecule has 4 atom stereocenters. The van der Waals surface area contributed by atoms with Crippen LogP contribution in [0.4, 0.5) is 0 Å². The first kappa shape index (κ1) is 58.2. The van der Waals surface area contributed by atoms with Crippen LogP contribution in [0, 0.1) is 0 Å². The van der Waals surface area contributed by atoms with Crippen molar-refractivity contribution < 1.29 is 43.5 Å². The average Bonchev–Trinajstić information content (AvgIpc) is 3.39. The maximum atomic E-state index is 15.1. The van der Waals surface area contributed by atoms with Crippen molar-refractivity contribution >= 4 is 47.3 Å². The SMILES string of the molecule is CC(=O)N(CC(=O)N(CC(=O)N(CCCCCC(=O)O)CC(=O)N(CC(=O)N(CC(=O)N(CCCCN)CC(N)=O)[C@@H](C)c1ccccc1)[C@@H](C)c1ccccc1)[C@@H](C)c1ccccc1)[C@@H](C)c1ccccc1. The Morgan fingerprint density at radius 2 is 0.740 bits per heavy atom. The number of nitrogens with zero attached hydrogens (tertiary/aromatic N) is 6. The second kappa shape index (κ2) is 29.8. The molecule has 0 aliphatic heterocycles. The van der Waals surface area contributed by atoms with Crippen molar-refractivity contribution in [3.8, 4) is 0 Å². The fraction of sp³-hybridized carbons (Fsp3) is 0.429. The van der Waals surface area contributed by atoms with Crippen molar-refractivity contribution in [2.75, 3.05) is 58.9 Å². The summed E-state index contributed by atoms with van der Waals surface area (Å²) in [6.07, 6.45) is 2.08. The molecule has 0 aromatic heterocycles. The molecule has 0 aliphatic carbocycles. The Morgan fingerprint density at radius 3 is 1.08 bits per heavy atom. The van der Waals surface area contributed by atoms with E-state index in [-0.39, 0.29) is 38.5 Å². The number of primary amides is 1. The highest BCUT2D eigenvalue weighted by Crippen LogP contribution is 2.27. The fourth-order valence-electron chi connectivity index (χ4n) is 8.68. The second-order valence-corrected chi connectivity index (χ2v) is 18.4. The largest absolute Gasteiger partial charge is 0.481 e. The lowest BCUT2D eigenvalue weighted by Gasteiger charge is -2.37. The molecule has 0 heterocycles. The van der Waals surface area contributed by atoms with E-state index in [1.165, 1.54) is 36.3 Å². The third-order valence-electron chi connectivity index (χ3n) is 13.2. The Bertz CT molecular complexity index is 2410. The number of nitrogens with two attached hydrogens (primary N) is 2. The molecular weight excluding hydrogens is 929 g/mol. The third-order valence-corrected chi connectivity index (χ3v) is 13.2. The van der Waals surface area contributed by atoms with Crippen LogP contribution >= 0.6 is 0 Å². The number of aliphatic carboxylic acids is 1. The van der Waals surface area contributed by atoms with Crippen LogP contribution in [0.25, 0.3) is 0 Å². The number of carboxylic acid groups (broad SMARTS) is 1. The van der Waals surface area contributed by atoms with E-state index in [9.17, 15) is 38.7 Å². The van der Waals surface area contributed by atoms with Crippen molar-refractivity contribution in [3.05, 3.63) is 144 Å². The molecule has 0 unspecified atom stereocenters. The summed E-state index contributed by atoms with van der Waals surface area (Å²) >= 11 is 0. The van der Waals surface area contributed by atoms with Crippen LogP contribution in [0.1, 0.15) is 120 Å². The molecule has 17 nitrogen and oxygen atoms in total. The zero-order valence-electron chi connectivity index (χ0n) is 43.0. The second-order valence-electron chi connectivity index (χ2n) is 18.4. The summed E-state index contributed by atoms with van der Waals surface area (Å²) in [5, 5.41) is 9.34. The molecule has 4 aromatic rings. The molecule has 0 saturated carbocycles. The van der Waals surface area contributed by atoms with Crippen LogP contribution in [0.5, 0.6) is 0 Å². The van der Waals surface area contributed by atoms with Gasteiger partial charge in [-0.15, -0.1) is 0 Å². The van der Waals surface area contributed by atoms with Crippen LogP contribution in [0.15, 0.2) is 121 Å². The van der Waals surface area contributed by atoms with Gasteiger partial charge in [0.15, 0.2) is 0 Å². The highest BCUT2D eigenvalue weighted by molar-refractivity contribution is 5.93. The molecule has 17 heteroatoms. The fourth-order valence-corrected chi connectivity index (χ4v) is 8.68. The van der Waals surface area contributed by atoms with E-state index in [2.05, 4.69) is 0 Å². The number of carboxylic acids is 1. The van der Waals surface area contributed by atoms with E-state index < -0.39 is 91.8 Å². The standard InChI is InChI=1S/C56H74N8O9/c1-41(46-23-11-6-12-24-46)61(45(5)65)39-54(70)62(42(2)47-25-13-7-14-26-47)38-52(68)60(33-21-10-19-31-56(72)73)36-53(69)64(44(4)49-29-17-9-18-30-49)40-55(71)63(43(3)48-27-15-8-16-28-48)37-51(67)59(35-50(58)66)34-22-20-32-57/h6-9,11-18,23-30,41-44H,10,19-22,31-40,57H2,1-5H3,(H2,58,66)(H,72,73)/t41-,42-,43-,44-/m0/s1. The van der Waals surface area contributed by atoms with Crippen molar-refractivity contribution in [1.29, 1.82) is 0 Å². The number of carbonyl (C=O) groups is 8. The molecule has 4 rings (SSSR count). The number of unbranched alkanes of at least 4 members (excludes halogenated alkanes) is 3. The Kier molecular flexibility index (Phi) is 23.8. The number of amides is 7. The predicted molar refractivity (Wildman–Crippen MR) is 279 cm³/mol. The highest BCUT2D eigenvalue weighted by atomic mass is 16.4. The van der Waals surface area contributed by atoms with Gasteiger partial charge in [0.1, 0.15) is 26.2 Å². The van der Waals surface area contributed by atoms with Gasteiger partial charge in [-0.1, -0.05) is 128 Å². The van der Waals surface area contributed by atoms with Crippen LogP contribution < -0.4 is 11.5 Å². The number of hydrogen-bond acceptors (Lipinski definition) is 9. The van der Waals surface area contributed by atoms with Crippen LogP contribution in [0.3, 0.4) is 0 Å². The first-order valence-corrected chi connectivity index (χ1v) is 25.0. The van der Waals surface area contributed by atoms with Gasteiger partial charge >= 0.3 is 5.97 Å². The normalized spacial score (nSPS) is 12.6. The molecule has 4 aromatic carbocycles. The molecule has 0 aliphatic rings. The van der Waals surface area contributed by atoms with Gasteiger partial charge < -0.3 is 46.0 Å². The van der Waals surface area contributed by atoms with Crippen molar-refractivity contribution in [3.63, 3.8) is 0 Å². The summed E-state index contributed by atoms with van der Waals surface area (Å²) in [4.78, 5) is 119. The first-order chi connectivity index (χ1) is 34.9. The lowest BCUT2D eigenvalue weighted by Crippen LogP contribution is -2.52. The molecule has 7 amide bonds. The average molecular weight is 1000 g/mol. The van der Waals surface area contributed by atoms with E-state index in [1.54, 1.807) is 32.9 Å². The van der Waals surface area contributed by atoms with Crippen LogP contribution in [-0.2, 0) is 38.4 Å². The Morgan fingerprint density at radius 1 is 0.425 bits per heavy atom. The van der Waals surface area contributed by atoms with E-state index in [4.69, 9.17) is 11.5 Å². The number of rotatable bonds is 30. The molecule has 392 valence electrons. The van der Waals surface area contributed by atoms with E-state index in [0.717, 1.165) is 11.1 Å². The summed E-state index contributed by atoms with van der Waals surface area (Å²) in [6, 6.07) is 34.0. The molecule has 5 N–H and O–H groups in total. The van der Waals surface area contributed by atoms with Crippen molar-refractivity contribution in [2.45, 2.75) is 97.3 Å². The third kappa shape index (κ3) is 18.3. The minimum absolute atomic E-state index is 0.0174. The van der Waals surface area contributed by atoms with Crippen molar-refractivity contribution in [1.82, 2.24) is 29.4 Å². The van der Waals surface area contributed by atoms with Gasteiger partial charge in [0.25, 0.3) is 0 Å². The maximum Gasteiger partial charge on any atom is 0.303 e. The summed E-state index contributed by atoms with van der Waals surface area (Å²) in [5.74, 6) is -4.82. The molecular formula is C56H74N8O9. The quantitative estimate of drug-likeness (QED) is 0.0525. The van der Waals surface area contributed by atoms with E-state index in [0.29, 0.717) is 49.8 Å². The van der Waals surface area contributed by atoms with Gasteiger partial charge in [-0.3, -0.25) is 38.4 Å². The van der Waals surface area contributed by atoms with Gasteiger partial charge in [0, 0.05) is 26.4 Å². The van der Waals surface area contributed by atoms with Crippen LogP contribution in [0.2, 0.25) is 0 Å². The maximum absolute atomic E-state index is 15.1. The molecule has 0 saturated heterocycles. The Hall–Kier alpha value is -7.40. The zero-order chi connectivity index (χ0) is 53.5. The number of carbonyl (C=O) groups excluding carboxylic acids is 7. The smallest absolute Gasteiger partial charge is 0.303 e. The summed E-state index contributed by atoms with van der Waals surface area (Å²) in [6.45, 7) is 6.45. The van der Waals surface area contributed by atoms with Gasteiger partial charge in [-0.2, -0.15) is 0 Å². The molecule has 0 radical (unpaired) electrons. The molecule has 0 fully saturated rings.